The van der Waals surface area contributed by atoms with Gasteiger partial charge in [-0.15, -0.1) is 0 Å². The van der Waals surface area contributed by atoms with Gasteiger partial charge in [-0.2, -0.15) is 0 Å². The molecule has 14 heavy (non-hydrogen) atoms. The first kappa shape index (κ1) is 9.94. The Morgan fingerprint density at radius 2 is 2.50 bits per heavy atom. The summed E-state index contributed by atoms with van der Waals surface area (Å²) in [4.78, 5) is 4.29. The highest BCUT2D eigenvalue weighted by Gasteiger charge is 2.53. The molecule has 76 valence electrons. The van der Waals surface area contributed by atoms with Gasteiger partial charge in [-0.1, -0.05) is 24.9 Å². The number of rotatable bonds is 3. The van der Waals surface area contributed by atoms with Gasteiger partial charge < -0.3 is 5.73 Å². The van der Waals surface area contributed by atoms with Crippen LogP contribution in [0.3, 0.4) is 0 Å². The van der Waals surface area contributed by atoms with Crippen LogP contribution in [0, 0.1) is 5.92 Å². The van der Waals surface area contributed by atoms with Gasteiger partial charge in [0.25, 0.3) is 0 Å². The van der Waals surface area contributed by atoms with E-state index < -0.39 is 0 Å². The van der Waals surface area contributed by atoms with E-state index in [9.17, 15) is 0 Å². The fourth-order valence-electron chi connectivity index (χ4n) is 2.08. The van der Waals surface area contributed by atoms with Crippen molar-refractivity contribution in [2.24, 2.45) is 11.7 Å². The smallest absolute Gasteiger partial charge is 0.0791 e. The summed E-state index contributed by atoms with van der Waals surface area (Å²) in [5, 5.41) is 0.702. The molecule has 3 heteroatoms. The van der Waals surface area contributed by atoms with Crippen LogP contribution >= 0.6 is 11.6 Å². The van der Waals surface area contributed by atoms with Gasteiger partial charge in [-0.3, -0.25) is 4.98 Å². The predicted octanol–water partition coefficient (Wildman–Crippen LogP) is 2.71. The molecule has 2 rings (SSSR count). The maximum Gasteiger partial charge on any atom is 0.0791 e. The summed E-state index contributed by atoms with van der Waals surface area (Å²) in [6.07, 6.45) is 5.13. The molecule has 0 aliphatic heterocycles. The van der Waals surface area contributed by atoms with E-state index in [2.05, 4.69) is 11.9 Å². The first-order chi connectivity index (χ1) is 6.68. The standard InChI is InChI=1S/C11H15ClN2/c1-2-4-8-7-11(8,13)10-9(12)5-3-6-14-10/h3,5-6,8H,2,4,7,13H2,1H3. The Morgan fingerprint density at radius 1 is 1.71 bits per heavy atom. The number of hydrogen-bond donors (Lipinski definition) is 1. The summed E-state index contributed by atoms with van der Waals surface area (Å²) in [6.45, 7) is 2.18. The quantitative estimate of drug-likeness (QED) is 0.833. The maximum absolute atomic E-state index is 6.25. The number of pyridine rings is 1. The normalized spacial score (nSPS) is 30.4. The van der Waals surface area contributed by atoms with Crippen molar-refractivity contribution in [1.82, 2.24) is 4.98 Å². The van der Waals surface area contributed by atoms with Gasteiger partial charge in [0.2, 0.25) is 0 Å². The summed E-state index contributed by atoms with van der Waals surface area (Å²) < 4.78 is 0. The zero-order valence-corrected chi connectivity index (χ0v) is 9.09. The molecule has 0 amide bonds. The van der Waals surface area contributed by atoms with Crippen molar-refractivity contribution in [3.05, 3.63) is 29.0 Å². The molecule has 1 heterocycles. The monoisotopic (exact) mass is 210 g/mol. The predicted molar refractivity (Wildman–Crippen MR) is 58.1 cm³/mol. The third-order valence-corrected chi connectivity index (χ3v) is 3.29. The number of hydrogen-bond acceptors (Lipinski definition) is 2. The molecule has 1 aliphatic rings. The van der Waals surface area contributed by atoms with Crippen molar-refractivity contribution in [2.45, 2.75) is 31.7 Å². The minimum absolute atomic E-state index is 0.242. The van der Waals surface area contributed by atoms with Crippen molar-refractivity contribution in [3.63, 3.8) is 0 Å². The summed E-state index contributed by atoms with van der Waals surface area (Å²) in [5.74, 6) is 0.569. The highest BCUT2D eigenvalue weighted by atomic mass is 35.5. The minimum atomic E-state index is -0.242. The molecule has 2 atom stereocenters. The average molecular weight is 211 g/mol. The van der Waals surface area contributed by atoms with Crippen LogP contribution in [0.4, 0.5) is 0 Å². The first-order valence-electron chi connectivity index (χ1n) is 5.08. The maximum atomic E-state index is 6.25. The highest BCUT2D eigenvalue weighted by Crippen LogP contribution is 2.52. The molecular weight excluding hydrogens is 196 g/mol. The molecular formula is C11H15ClN2. The van der Waals surface area contributed by atoms with E-state index in [1.54, 1.807) is 6.20 Å². The van der Waals surface area contributed by atoms with Gasteiger partial charge >= 0.3 is 0 Å². The molecule has 1 aromatic heterocycles. The SMILES string of the molecule is CCCC1CC1(N)c1ncccc1Cl. The number of aromatic nitrogens is 1. The van der Waals surface area contributed by atoms with Crippen LogP contribution in [-0.2, 0) is 5.54 Å². The molecule has 0 bridgehead atoms. The number of nitrogens with two attached hydrogens (primary N) is 1. The summed E-state index contributed by atoms with van der Waals surface area (Å²) in [5.41, 5.74) is 6.89. The molecule has 1 saturated carbocycles. The van der Waals surface area contributed by atoms with Crippen molar-refractivity contribution >= 4 is 11.6 Å². The second-order valence-corrected chi connectivity index (χ2v) is 4.47. The van der Waals surface area contributed by atoms with E-state index >= 15 is 0 Å². The molecule has 0 spiro atoms. The Labute approximate surface area is 89.5 Å². The fraction of sp³-hybridized carbons (Fsp3) is 0.545. The van der Waals surface area contributed by atoms with Crippen molar-refractivity contribution < 1.29 is 0 Å². The number of nitrogens with zero attached hydrogens (tertiary/aromatic N) is 1. The Kier molecular flexibility index (Phi) is 2.50. The summed E-state index contributed by atoms with van der Waals surface area (Å²) in [7, 11) is 0. The van der Waals surface area contributed by atoms with E-state index in [1.165, 1.54) is 12.8 Å². The molecule has 1 fully saturated rings. The number of halogens is 1. The first-order valence-corrected chi connectivity index (χ1v) is 5.46. The molecule has 1 aromatic rings. The molecule has 1 aliphatic carbocycles. The Hall–Kier alpha value is -0.600. The van der Waals surface area contributed by atoms with Crippen LogP contribution in [0.1, 0.15) is 31.9 Å². The third-order valence-electron chi connectivity index (χ3n) is 2.99. The van der Waals surface area contributed by atoms with Gasteiger partial charge in [0, 0.05) is 6.20 Å². The van der Waals surface area contributed by atoms with E-state index in [-0.39, 0.29) is 5.54 Å². The Balaban J connectivity index is 2.21. The lowest BCUT2D eigenvalue weighted by Crippen LogP contribution is -2.24. The third kappa shape index (κ3) is 1.53. The molecule has 0 aromatic carbocycles. The highest BCUT2D eigenvalue weighted by molar-refractivity contribution is 6.31. The topological polar surface area (TPSA) is 38.9 Å². The van der Waals surface area contributed by atoms with E-state index in [0.717, 1.165) is 12.1 Å². The van der Waals surface area contributed by atoms with E-state index in [1.807, 2.05) is 12.1 Å². The van der Waals surface area contributed by atoms with Gasteiger partial charge in [-0.05, 0) is 30.9 Å². The van der Waals surface area contributed by atoms with Gasteiger partial charge in [-0.25, -0.2) is 0 Å². The van der Waals surface area contributed by atoms with Crippen LogP contribution in [0.25, 0.3) is 0 Å². The second kappa shape index (κ2) is 3.52. The van der Waals surface area contributed by atoms with Crippen molar-refractivity contribution in [3.8, 4) is 0 Å². The zero-order chi connectivity index (χ0) is 10.2. The van der Waals surface area contributed by atoms with Crippen LogP contribution < -0.4 is 5.73 Å². The Morgan fingerprint density at radius 3 is 3.14 bits per heavy atom. The van der Waals surface area contributed by atoms with Gasteiger partial charge in [0.05, 0.1) is 16.3 Å². The van der Waals surface area contributed by atoms with Crippen LogP contribution in [0.2, 0.25) is 5.02 Å². The van der Waals surface area contributed by atoms with E-state index in [4.69, 9.17) is 17.3 Å². The van der Waals surface area contributed by atoms with Crippen LogP contribution in [-0.4, -0.2) is 4.98 Å². The summed E-state index contributed by atoms with van der Waals surface area (Å²) >= 11 is 6.07. The van der Waals surface area contributed by atoms with Gasteiger partial charge in [0.15, 0.2) is 0 Å². The molecule has 2 N–H and O–H groups in total. The lowest BCUT2D eigenvalue weighted by Gasteiger charge is -2.11. The zero-order valence-electron chi connectivity index (χ0n) is 8.33. The van der Waals surface area contributed by atoms with Crippen molar-refractivity contribution in [2.75, 3.05) is 0 Å². The minimum Gasteiger partial charge on any atom is -0.320 e. The Bertz CT molecular complexity index is 340. The average Bonchev–Trinajstić information content (AvgIpc) is 2.79. The van der Waals surface area contributed by atoms with Crippen molar-refractivity contribution in [1.29, 1.82) is 0 Å². The lowest BCUT2D eigenvalue weighted by molar-refractivity contribution is 0.571. The largest absolute Gasteiger partial charge is 0.320 e. The molecule has 0 radical (unpaired) electrons. The van der Waals surface area contributed by atoms with Gasteiger partial charge in [0.1, 0.15) is 0 Å². The molecule has 2 unspecified atom stereocenters. The lowest BCUT2D eigenvalue weighted by atomic mass is 10.1. The second-order valence-electron chi connectivity index (χ2n) is 4.06. The molecule has 0 saturated heterocycles. The molecule has 2 nitrogen and oxygen atoms in total. The van der Waals surface area contributed by atoms with E-state index in [0.29, 0.717) is 10.9 Å². The van der Waals surface area contributed by atoms with Crippen LogP contribution in [0.15, 0.2) is 18.3 Å². The van der Waals surface area contributed by atoms with Crippen LogP contribution in [0.5, 0.6) is 0 Å². The summed E-state index contributed by atoms with van der Waals surface area (Å²) in [6, 6.07) is 3.70. The fourth-order valence-corrected chi connectivity index (χ4v) is 2.37.